The number of thiophene rings is 1. The summed E-state index contributed by atoms with van der Waals surface area (Å²) in [4.78, 5) is 2.40. The summed E-state index contributed by atoms with van der Waals surface area (Å²) in [6, 6.07) is 11.4. The second-order valence-electron chi connectivity index (χ2n) is 4.09. The molecule has 2 nitrogen and oxygen atoms in total. The molecule has 18 heavy (non-hydrogen) atoms. The lowest BCUT2D eigenvalue weighted by atomic mass is 10.1. The maximum atomic E-state index is 9.42. The smallest absolute Gasteiger partial charge is 0.119 e. The quantitative estimate of drug-likeness (QED) is 0.902. The van der Waals surface area contributed by atoms with Crippen LogP contribution in [0.15, 0.2) is 36.4 Å². The molecule has 2 rings (SSSR count). The van der Waals surface area contributed by atoms with Gasteiger partial charge in [-0.3, -0.25) is 0 Å². The van der Waals surface area contributed by atoms with E-state index in [1.165, 1.54) is 4.88 Å². The summed E-state index contributed by atoms with van der Waals surface area (Å²) in [5, 5.41) is 10.1. The number of rotatable bonds is 5. The molecule has 0 aliphatic heterocycles. The molecule has 1 unspecified atom stereocenters. The van der Waals surface area contributed by atoms with Crippen molar-refractivity contribution in [3.63, 3.8) is 0 Å². The minimum atomic E-state index is 0.0272. The third-order valence-electron chi connectivity index (χ3n) is 2.65. The van der Waals surface area contributed by atoms with Crippen molar-refractivity contribution in [1.82, 2.24) is 0 Å². The van der Waals surface area contributed by atoms with Gasteiger partial charge < -0.3 is 9.84 Å². The molecular formula is C14H15ClO2S. The van der Waals surface area contributed by atoms with Crippen LogP contribution in [0.2, 0.25) is 5.02 Å². The standard InChI is InChI=1S/C14H15ClO2S/c1-10-2-7-14(18-10)11(8-16)9-17-13-5-3-12(15)4-6-13/h2-7,11,16H,8-9H2,1H3. The second-order valence-corrected chi connectivity index (χ2v) is 5.85. The van der Waals surface area contributed by atoms with Crippen LogP contribution >= 0.6 is 22.9 Å². The Morgan fingerprint density at radius 3 is 2.50 bits per heavy atom. The Kier molecular flexibility index (Phi) is 4.64. The molecule has 96 valence electrons. The fraction of sp³-hybridized carbons (Fsp3) is 0.286. The first-order valence-electron chi connectivity index (χ1n) is 5.74. The summed E-state index contributed by atoms with van der Waals surface area (Å²) in [5.41, 5.74) is 0. The van der Waals surface area contributed by atoms with Crippen molar-refractivity contribution < 1.29 is 9.84 Å². The van der Waals surface area contributed by atoms with E-state index in [1.807, 2.05) is 18.2 Å². The summed E-state index contributed by atoms with van der Waals surface area (Å²) in [6.07, 6.45) is 0. The highest BCUT2D eigenvalue weighted by molar-refractivity contribution is 7.12. The van der Waals surface area contributed by atoms with Gasteiger partial charge in [0, 0.05) is 14.8 Å². The molecule has 0 aliphatic carbocycles. The van der Waals surface area contributed by atoms with Gasteiger partial charge in [-0.25, -0.2) is 0 Å². The number of aryl methyl sites for hydroxylation is 1. The van der Waals surface area contributed by atoms with E-state index in [9.17, 15) is 5.11 Å². The van der Waals surface area contributed by atoms with Gasteiger partial charge in [0.15, 0.2) is 0 Å². The van der Waals surface area contributed by atoms with Crippen LogP contribution in [0.4, 0.5) is 0 Å². The Balaban J connectivity index is 1.97. The summed E-state index contributed by atoms with van der Waals surface area (Å²) >= 11 is 7.50. The molecule has 2 aromatic rings. The molecule has 0 radical (unpaired) electrons. The van der Waals surface area contributed by atoms with Crippen LogP contribution in [-0.4, -0.2) is 18.3 Å². The fourth-order valence-corrected chi connectivity index (χ4v) is 2.70. The van der Waals surface area contributed by atoms with E-state index in [0.29, 0.717) is 11.6 Å². The summed E-state index contributed by atoms with van der Waals surface area (Å²) in [7, 11) is 0. The highest BCUT2D eigenvalue weighted by Crippen LogP contribution is 2.25. The minimum Gasteiger partial charge on any atom is -0.493 e. The number of hydrogen-bond acceptors (Lipinski definition) is 3. The SMILES string of the molecule is Cc1ccc(C(CO)COc2ccc(Cl)cc2)s1. The largest absolute Gasteiger partial charge is 0.493 e. The van der Waals surface area contributed by atoms with Gasteiger partial charge in [0.25, 0.3) is 0 Å². The predicted octanol–water partition coefficient (Wildman–Crippen LogP) is 3.86. The zero-order valence-corrected chi connectivity index (χ0v) is 11.7. The van der Waals surface area contributed by atoms with E-state index in [2.05, 4.69) is 13.0 Å². The lowest BCUT2D eigenvalue weighted by Gasteiger charge is -2.13. The van der Waals surface area contributed by atoms with Crippen molar-refractivity contribution in [2.75, 3.05) is 13.2 Å². The Hall–Kier alpha value is -1.03. The Labute approximate surface area is 116 Å². The highest BCUT2D eigenvalue weighted by Gasteiger charge is 2.13. The van der Waals surface area contributed by atoms with Crippen molar-refractivity contribution in [2.45, 2.75) is 12.8 Å². The lowest BCUT2D eigenvalue weighted by Crippen LogP contribution is -2.12. The monoisotopic (exact) mass is 282 g/mol. The van der Waals surface area contributed by atoms with Gasteiger partial charge >= 0.3 is 0 Å². The Morgan fingerprint density at radius 2 is 1.94 bits per heavy atom. The maximum absolute atomic E-state index is 9.42. The molecule has 1 heterocycles. The molecule has 0 saturated heterocycles. The summed E-state index contributed by atoms with van der Waals surface area (Å²) in [5.74, 6) is 0.797. The van der Waals surface area contributed by atoms with Gasteiger partial charge in [-0.1, -0.05) is 11.6 Å². The van der Waals surface area contributed by atoms with Crippen molar-refractivity contribution in [1.29, 1.82) is 0 Å². The molecule has 0 fully saturated rings. The van der Waals surface area contributed by atoms with Crippen molar-refractivity contribution in [3.05, 3.63) is 51.2 Å². The molecular weight excluding hydrogens is 268 g/mol. The van der Waals surface area contributed by atoms with E-state index >= 15 is 0 Å². The Bertz CT molecular complexity index is 493. The van der Waals surface area contributed by atoms with E-state index in [0.717, 1.165) is 10.6 Å². The van der Waals surface area contributed by atoms with Gasteiger partial charge in [0.05, 0.1) is 19.1 Å². The van der Waals surface area contributed by atoms with Crippen molar-refractivity contribution in [3.8, 4) is 5.75 Å². The molecule has 0 amide bonds. The van der Waals surface area contributed by atoms with Gasteiger partial charge in [-0.15, -0.1) is 11.3 Å². The first-order chi connectivity index (χ1) is 8.69. The van der Waals surface area contributed by atoms with Gasteiger partial charge in [0.1, 0.15) is 5.75 Å². The summed E-state index contributed by atoms with van der Waals surface area (Å²) in [6.45, 7) is 2.62. The first-order valence-corrected chi connectivity index (χ1v) is 6.94. The van der Waals surface area contributed by atoms with Crippen LogP contribution in [0, 0.1) is 6.92 Å². The predicted molar refractivity (Wildman–Crippen MR) is 75.8 cm³/mol. The third kappa shape index (κ3) is 3.48. The zero-order chi connectivity index (χ0) is 13.0. The molecule has 0 saturated carbocycles. The van der Waals surface area contributed by atoms with Crippen molar-refractivity contribution in [2.24, 2.45) is 0 Å². The lowest BCUT2D eigenvalue weighted by molar-refractivity contribution is 0.207. The average Bonchev–Trinajstić information content (AvgIpc) is 2.79. The number of halogens is 1. The number of aliphatic hydroxyl groups excluding tert-OH is 1. The third-order valence-corrected chi connectivity index (χ3v) is 4.06. The fourth-order valence-electron chi connectivity index (χ4n) is 1.63. The second kappa shape index (κ2) is 6.23. The van der Waals surface area contributed by atoms with Crippen LogP contribution in [0.3, 0.4) is 0 Å². The van der Waals surface area contributed by atoms with Gasteiger partial charge in [-0.05, 0) is 43.3 Å². The molecule has 1 N–H and O–H groups in total. The number of hydrogen-bond donors (Lipinski definition) is 1. The van der Waals surface area contributed by atoms with Crippen LogP contribution < -0.4 is 4.74 Å². The topological polar surface area (TPSA) is 29.5 Å². The van der Waals surface area contributed by atoms with E-state index < -0.39 is 0 Å². The zero-order valence-electron chi connectivity index (χ0n) is 10.1. The van der Waals surface area contributed by atoms with E-state index in [4.69, 9.17) is 16.3 Å². The number of aliphatic hydroxyl groups is 1. The van der Waals surface area contributed by atoms with Crippen LogP contribution in [-0.2, 0) is 0 Å². The van der Waals surface area contributed by atoms with E-state index in [-0.39, 0.29) is 12.5 Å². The first kappa shape index (κ1) is 13.4. The molecule has 4 heteroatoms. The summed E-state index contributed by atoms with van der Waals surface area (Å²) < 4.78 is 5.67. The van der Waals surface area contributed by atoms with Gasteiger partial charge in [-0.2, -0.15) is 0 Å². The number of ether oxygens (including phenoxy) is 1. The molecule has 0 aliphatic rings. The maximum Gasteiger partial charge on any atom is 0.119 e. The van der Waals surface area contributed by atoms with Crippen LogP contribution in [0.1, 0.15) is 15.7 Å². The molecule has 1 atom stereocenters. The molecule has 1 aromatic heterocycles. The van der Waals surface area contributed by atoms with Crippen LogP contribution in [0.25, 0.3) is 0 Å². The molecule has 1 aromatic carbocycles. The minimum absolute atomic E-state index is 0.0272. The number of benzene rings is 1. The highest BCUT2D eigenvalue weighted by atomic mass is 35.5. The van der Waals surface area contributed by atoms with E-state index in [1.54, 1.807) is 23.5 Å². The van der Waals surface area contributed by atoms with Gasteiger partial charge in [0.2, 0.25) is 0 Å². The average molecular weight is 283 g/mol. The Morgan fingerprint density at radius 1 is 1.22 bits per heavy atom. The molecule has 0 bridgehead atoms. The molecule has 0 spiro atoms. The van der Waals surface area contributed by atoms with Crippen molar-refractivity contribution >= 4 is 22.9 Å². The normalized spacial score (nSPS) is 12.4. The van der Waals surface area contributed by atoms with Crippen LogP contribution in [0.5, 0.6) is 5.75 Å².